The number of nitrogens with two attached hydrogens (primary N) is 1. The summed E-state index contributed by atoms with van der Waals surface area (Å²) in [7, 11) is 0. The van der Waals surface area contributed by atoms with Crippen LogP contribution in [0.3, 0.4) is 0 Å². The van der Waals surface area contributed by atoms with Crippen molar-refractivity contribution >= 4 is 11.6 Å². The molecule has 17 heavy (non-hydrogen) atoms. The van der Waals surface area contributed by atoms with Gasteiger partial charge in [-0.25, -0.2) is 4.98 Å². The van der Waals surface area contributed by atoms with Crippen LogP contribution in [0.2, 0.25) is 5.28 Å². The standard InChI is InChI=1S/C13H16ClN3/c1-10-4-2-3-5-12(10)11(8-15)9-17-7-6-16-13(17)14/h2-7,11H,8-9,15H2,1H3. The smallest absolute Gasteiger partial charge is 0.202 e. The Morgan fingerprint density at radius 2 is 2.18 bits per heavy atom. The number of aromatic nitrogens is 2. The fraction of sp³-hybridized carbons (Fsp3) is 0.308. The Morgan fingerprint density at radius 3 is 2.76 bits per heavy atom. The highest BCUT2D eigenvalue weighted by molar-refractivity contribution is 6.28. The molecule has 0 aliphatic carbocycles. The van der Waals surface area contributed by atoms with E-state index in [0.29, 0.717) is 11.8 Å². The third-order valence-electron chi connectivity index (χ3n) is 2.99. The molecule has 0 radical (unpaired) electrons. The summed E-state index contributed by atoms with van der Waals surface area (Å²) in [6.07, 6.45) is 3.58. The largest absolute Gasteiger partial charge is 0.330 e. The maximum absolute atomic E-state index is 5.98. The van der Waals surface area contributed by atoms with Gasteiger partial charge in [-0.3, -0.25) is 0 Å². The molecule has 1 unspecified atom stereocenters. The molecule has 90 valence electrons. The van der Waals surface area contributed by atoms with Gasteiger partial charge in [0.15, 0.2) is 0 Å². The molecule has 0 amide bonds. The molecule has 1 aromatic heterocycles. The molecule has 0 bridgehead atoms. The summed E-state index contributed by atoms with van der Waals surface area (Å²) in [4.78, 5) is 4.01. The van der Waals surface area contributed by atoms with E-state index >= 15 is 0 Å². The Morgan fingerprint density at radius 1 is 1.41 bits per heavy atom. The second-order valence-electron chi connectivity index (χ2n) is 4.14. The zero-order valence-corrected chi connectivity index (χ0v) is 10.6. The first-order chi connectivity index (χ1) is 8.22. The molecule has 0 fully saturated rings. The van der Waals surface area contributed by atoms with E-state index in [0.717, 1.165) is 6.54 Å². The minimum absolute atomic E-state index is 0.267. The van der Waals surface area contributed by atoms with Crippen LogP contribution in [0, 0.1) is 6.92 Å². The summed E-state index contributed by atoms with van der Waals surface area (Å²) in [5.74, 6) is 0.267. The third-order valence-corrected chi connectivity index (χ3v) is 3.31. The van der Waals surface area contributed by atoms with Crippen LogP contribution in [0.1, 0.15) is 17.0 Å². The molecule has 2 rings (SSSR count). The van der Waals surface area contributed by atoms with Crippen molar-refractivity contribution in [2.45, 2.75) is 19.4 Å². The van der Waals surface area contributed by atoms with E-state index in [9.17, 15) is 0 Å². The Kier molecular flexibility index (Phi) is 3.82. The molecule has 2 aromatic rings. The molecule has 1 aromatic carbocycles. The van der Waals surface area contributed by atoms with Crippen LogP contribution in [-0.2, 0) is 6.54 Å². The number of hydrogen-bond acceptors (Lipinski definition) is 2. The van der Waals surface area contributed by atoms with Crippen LogP contribution in [-0.4, -0.2) is 16.1 Å². The molecule has 1 atom stereocenters. The van der Waals surface area contributed by atoms with Gasteiger partial charge in [-0.1, -0.05) is 24.3 Å². The highest BCUT2D eigenvalue weighted by atomic mass is 35.5. The molecule has 0 saturated carbocycles. The van der Waals surface area contributed by atoms with Crippen molar-refractivity contribution in [3.05, 3.63) is 53.1 Å². The molecule has 4 heteroatoms. The van der Waals surface area contributed by atoms with E-state index in [1.54, 1.807) is 6.20 Å². The van der Waals surface area contributed by atoms with Gasteiger partial charge in [0.05, 0.1) is 0 Å². The molecule has 3 nitrogen and oxygen atoms in total. The number of nitrogens with zero attached hydrogens (tertiary/aromatic N) is 2. The first kappa shape index (κ1) is 12.1. The van der Waals surface area contributed by atoms with Crippen LogP contribution in [0.25, 0.3) is 0 Å². The molecular formula is C13H16ClN3. The molecule has 0 aliphatic rings. The Hall–Kier alpha value is -1.32. The van der Waals surface area contributed by atoms with Crippen LogP contribution < -0.4 is 5.73 Å². The van der Waals surface area contributed by atoms with Gasteiger partial charge in [0.2, 0.25) is 5.28 Å². The SMILES string of the molecule is Cc1ccccc1C(CN)Cn1ccnc1Cl. The number of hydrogen-bond donors (Lipinski definition) is 1. The van der Waals surface area contributed by atoms with E-state index in [1.165, 1.54) is 11.1 Å². The Bertz CT molecular complexity index is 493. The average Bonchev–Trinajstić information content (AvgIpc) is 2.73. The molecule has 2 N–H and O–H groups in total. The topological polar surface area (TPSA) is 43.8 Å². The molecule has 0 saturated heterocycles. The number of aryl methyl sites for hydroxylation is 1. The average molecular weight is 250 g/mol. The summed E-state index contributed by atoms with van der Waals surface area (Å²) in [6, 6.07) is 8.31. The molecule has 1 heterocycles. The van der Waals surface area contributed by atoms with Gasteiger partial charge in [-0.2, -0.15) is 0 Å². The van der Waals surface area contributed by atoms with Crippen LogP contribution in [0.5, 0.6) is 0 Å². The zero-order chi connectivity index (χ0) is 12.3. The monoisotopic (exact) mass is 249 g/mol. The first-order valence-corrected chi connectivity index (χ1v) is 6.02. The van der Waals surface area contributed by atoms with Crippen LogP contribution in [0.4, 0.5) is 0 Å². The van der Waals surface area contributed by atoms with Crippen LogP contribution in [0.15, 0.2) is 36.7 Å². The summed E-state index contributed by atoms with van der Waals surface area (Å²) < 4.78 is 1.92. The number of benzene rings is 1. The number of halogens is 1. The van der Waals surface area contributed by atoms with Gasteiger partial charge >= 0.3 is 0 Å². The lowest BCUT2D eigenvalue weighted by atomic mass is 9.95. The van der Waals surface area contributed by atoms with Crippen molar-refractivity contribution < 1.29 is 0 Å². The maximum atomic E-state index is 5.98. The predicted molar refractivity (Wildman–Crippen MR) is 70.2 cm³/mol. The number of rotatable bonds is 4. The highest BCUT2D eigenvalue weighted by Gasteiger charge is 2.13. The molecular weight excluding hydrogens is 234 g/mol. The van der Waals surface area contributed by atoms with Crippen molar-refractivity contribution in [2.24, 2.45) is 5.73 Å². The predicted octanol–water partition coefficient (Wildman–Crippen LogP) is 2.59. The second-order valence-corrected chi connectivity index (χ2v) is 4.48. The van der Waals surface area contributed by atoms with E-state index in [-0.39, 0.29) is 5.92 Å². The quantitative estimate of drug-likeness (QED) is 0.905. The van der Waals surface area contributed by atoms with Gasteiger partial charge in [0.25, 0.3) is 0 Å². The zero-order valence-electron chi connectivity index (χ0n) is 9.81. The fourth-order valence-electron chi connectivity index (χ4n) is 2.03. The van der Waals surface area contributed by atoms with Crippen molar-refractivity contribution in [1.29, 1.82) is 0 Å². The van der Waals surface area contributed by atoms with Gasteiger partial charge < -0.3 is 10.3 Å². The minimum atomic E-state index is 0.267. The summed E-state index contributed by atoms with van der Waals surface area (Å²) in [5, 5.41) is 0.511. The summed E-state index contributed by atoms with van der Waals surface area (Å²) >= 11 is 5.98. The van der Waals surface area contributed by atoms with Crippen molar-refractivity contribution in [2.75, 3.05) is 6.54 Å². The first-order valence-electron chi connectivity index (χ1n) is 5.64. The van der Waals surface area contributed by atoms with Gasteiger partial charge in [-0.15, -0.1) is 0 Å². The summed E-state index contributed by atoms with van der Waals surface area (Å²) in [5.41, 5.74) is 8.40. The molecule has 0 aliphatic heterocycles. The Balaban J connectivity index is 2.23. The van der Waals surface area contributed by atoms with Crippen molar-refractivity contribution in [3.8, 4) is 0 Å². The maximum Gasteiger partial charge on any atom is 0.202 e. The fourth-order valence-corrected chi connectivity index (χ4v) is 2.21. The second kappa shape index (κ2) is 5.34. The van der Waals surface area contributed by atoms with Gasteiger partial charge in [-0.05, 0) is 29.7 Å². The van der Waals surface area contributed by atoms with E-state index in [1.807, 2.05) is 22.9 Å². The van der Waals surface area contributed by atoms with Gasteiger partial charge in [0.1, 0.15) is 0 Å². The van der Waals surface area contributed by atoms with Crippen LogP contribution >= 0.6 is 11.6 Å². The minimum Gasteiger partial charge on any atom is -0.330 e. The lowest BCUT2D eigenvalue weighted by Crippen LogP contribution is -2.19. The lowest BCUT2D eigenvalue weighted by Gasteiger charge is -2.18. The summed E-state index contributed by atoms with van der Waals surface area (Å²) in [6.45, 7) is 3.47. The number of imidazole rings is 1. The normalized spacial score (nSPS) is 12.6. The third kappa shape index (κ3) is 2.68. The molecule has 0 spiro atoms. The Labute approximate surface area is 106 Å². The highest BCUT2D eigenvalue weighted by Crippen LogP contribution is 2.21. The van der Waals surface area contributed by atoms with Crippen molar-refractivity contribution in [3.63, 3.8) is 0 Å². The van der Waals surface area contributed by atoms with Gasteiger partial charge in [0, 0.05) is 31.4 Å². The van der Waals surface area contributed by atoms with E-state index in [4.69, 9.17) is 17.3 Å². The van der Waals surface area contributed by atoms with E-state index in [2.05, 4.69) is 24.0 Å². The lowest BCUT2D eigenvalue weighted by molar-refractivity contribution is 0.564. The van der Waals surface area contributed by atoms with Crippen molar-refractivity contribution in [1.82, 2.24) is 9.55 Å². The van der Waals surface area contributed by atoms with E-state index < -0.39 is 0 Å².